The van der Waals surface area contributed by atoms with Gasteiger partial charge in [-0.3, -0.25) is 0 Å². The molecule has 0 N–H and O–H groups in total. The lowest BCUT2D eigenvalue weighted by Gasteiger charge is -2.23. The molecule has 37 heavy (non-hydrogen) atoms. The molecular formula is C33H36O4. The van der Waals surface area contributed by atoms with Gasteiger partial charge in [0.05, 0.1) is 13.2 Å². The van der Waals surface area contributed by atoms with E-state index in [0.717, 1.165) is 59.8 Å². The highest BCUT2D eigenvalue weighted by atomic mass is 16.6. The van der Waals surface area contributed by atoms with E-state index in [0.29, 0.717) is 13.2 Å². The van der Waals surface area contributed by atoms with Crippen molar-refractivity contribution in [2.45, 2.75) is 44.8 Å². The molecule has 3 aromatic rings. The molecule has 0 radical (unpaired) electrons. The molecule has 2 heterocycles. The molecule has 4 heteroatoms. The summed E-state index contributed by atoms with van der Waals surface area (Å²) >= 11 is 0. The fourth-order valence-electron chi connectivity index (χ4n) is 4.68. The molecule has 192 valence electrons. The molecular weight excluding hydrogens is 460 g/mol. The fourth-order valence-corrected chi connectivity index (χ4v) is 4.68. The van der Waals surface area contributed by atoms with Crippen LogP contribution < -0.4 is 9.47 Å². The Kier molecular flexibility index (Phi) is 7.78. The highest BCUT2D eigenvalue weighted by Gasteiger charge is 2.26. The van der Waals surface area contributed by atoms with Crippen LogP contribution in [0, 0.1) is 0 Å². The monoisotopic (exact) mass is 496 g/mol. The Hall–Kier alpha value is -3.34. The molecule has 2 unspecified atom stereocenters. The molecule has 0 aromatic heterocycles. The summed E-state index contributed by atoms with van der Waals surface area (Å²) in [5, 5.41) is 0. The van der Waals surface area contributed by atoms with Gasteiger partial charge < -0.3 is 18.9 Å². The lowest BCUT2D eigenvalue weighted by molar-refractivity contribution is 0.261. The summed E-state index contributed by atoms with van der Waals surface area (Å²) in [5.74, 6) is 1.88. The Labute approximate surface area is 220 Å². The van der Waals surface area contributed by atoms with Gasteiger partial charge in [-0.15, -0.1) is 0 Å². The number of ether oxygens (including phenoxy) is 4. The standard InChI is InChI=1S/C33H36O4/c1-22(2)14-27-16-25(10-12-31(27)36-20-29-18-34-29)33(24-8-6-5-7-9-24)26-11-13-32(37-21-30-19-35-30)28(17-26)15-23(3)4/h5-13,16-17,29-30,33H,1,3,14-15,18-21H2,2,4H3. The summed E-state index contributed by atoms with van der Waals surface area (Å²) in [4.78, 5) is 0. The first-order valence-electron chi connectivity index (χ1n) is 13.0. The van der Waals surface area contributed by atoms with Gasteiger partial charge in [0.15, 0.2) is 0 Å². The van der Waals surface area contributed by atoms with Crippen LogP contribution in [-0.2, 0) is 22.3 Å². The van der Waals surface area contributed by atoms with E-state index in [2.05, 4.69) is 93.7 Å². The van der Waals surface area contributed by atoms with Crippen molar-refractivity contribution in [3.63, 3.8) is 0 Å². The largest absolute Gasteiger partial charge is 0.490 e. The lowest BCUT2D eigenvalue weighted by Crippen LogP contribution is -2.10. The van der Waals surface area contributed by atoms with Gasteiger partial charge in [-0.2, -0.15) is 0 Å². The van der Waals surface area contributed by atoms with E-state index < -0.39 is 0 Å². The number of epoxide rings is 2. The highest BCUT2D eigenvalue weighted by molar-refractivity contribution is 5.51. The topological polar surface area (TPSA) is 43.5 Å². The van der Waals surface area contributed by atoms with Crippen molar-refractivity contribution in [3.8, 4) is 11.5 Å². The maximum atomic E-state index is 6.14. The molecule has 4 nitrogen and oxygen atoms in total. The van der Waals surface area contributed by atoms with Crippen molar-refractivity contribution in [2.24, 2.45) is 0 Å². The maximum absolute atomic E-state index is 6.14. The first-order valence-corrected chi connectivity index (χ1v) is 13.0. The van der Waals surface area contributed by atoms with Crippen LogP contribution in [-0.4, -0.2) is 38.6 Å². The summed E-state index contributed by atoms with van der Waals surface area (Å²) in [6, 6.07) is 23.8. The van der Waals surface area contributed by atoms with Crippen LogP contribution in [0.2, 0.25) is 0 Å². The van der Waals surface area contributed by atoms with Crippen molar-refractivity contribution in [3.05, 3.63) is 119 Å². The molecule has 2 atom stereocenters. The molecule has 3 aromatic carbocycles. The van der Waals surface area contributed by atoms with Crippen LogP contribution in [0.3, 0.4) is 0 Å². The van der Waals surface area contributed by atoms with Gasteiger partial charge in [-0.1, -0.05) is 78.9 Å². The third-order valence-electron chi connectivity index (χ3n) is 6.61. The van der Waals surface area contributed by atoms with Crippen molar-refractivity contribution in [1.29, 1.82) is 0 Å². The van der Waals surface area contributed by atoms with E-state index in [9.17, 15) is 0 Å². The third kappa shape index (κ3) is 6.91. The second-order valence-electron chi connectivity index (χ2n) is 10.4. The van der Waals surface area contributed by atoms with Crippen LogP contribution in [0.4, 0.5) is 0 Å². The van der Waals surface area contributed by atoms with Gasteiger partial charge in [0.2, 0.25) is 0 Å². The quantitative estimate of drug-likeness (QED) is 0.151. The van der Waals surface area contributed by atoms with E-state index in [1.807, 2.05) is 0 Å². The van der Waals surface area contributed by atoms with Gasteiger partial charge in [-0.25, -0.2) is 0 Å². The fraction of sp³-hybridized carbons (Fsp3) is 0.333. The predicted octanol–water partition coefficient (Wildman–Crippen LogP) is 6.66. The lowest BCUT2D eigenvalue weighted by atomic mass is 9.83. The second kappa shape index (κ2) is 11.4. The van der Waals surface area contributed by atoms with E-state index in [4.69, 9.17) is 18.9 Å². The van der Waals surface area contributed by atoms with Crippen LogP contribution in [0.15, 0.2) is 91.0 Å². The second-order valence-corrected chi connectivity index (χ2v) is 10.4. The Bertz CT molecular complexity index is 1180. The number of hydrogen-bond acceptors (Lipinski definition) is 4. The molecule has 2 saturated heterocycles. The first kappa shape index (κ1) is 25.3. The average molecular weight is 497 g/mol. The van der Waals surface area contributed by atoms with Crippen molar-refractivity contribution >= 4 is 0 Å². The average Bonchev–Trinajstić information content (AvgIpc) is 3.79. The van der Waals surface area contributed by atoms with Crippen molar-refractivity contribution in [2.75, 3.05) is 26.4 Å². The van der Waals surface area contributed by atoms with Crippen LogP contribution in [0.5, 0.6) is 11.5 Å². The molecule has 0 aliphatic carbocycles. The molecule has 2 fully saturated rings. The molecule has 0 amide bonds. The van der Waals surface area contributed by atoms with Gasteiger partial charge in [0.25, 0.3) is 0 Å². The first-order chi connectivity index (χ1) is 18.0. The number of rotatable bonds is 13. The number of hydrogen-bond donors (Lipinski definition) is 0. The molecule has 2 aliphatic heterocycles. The molecule has 2 aliphatic rings. The minimum atomic E-state index is 0.0653. The Balaban J connectivity index is 1.53. The molecule has 0 bridgehead atoms. The van der Waals surface area contributed by atoms with Gasteiger partial charge in [0.1, 0.15) is 36.9 Å². The Morgan fingerprint density at radius 1 is 0.730 bits per heavy atom. The number of allylic oxidation sites excluding steroid dienone is 2. The molecule has 0 saturated carbocycles. The Morgan fingerprint density at radius 2 is 1.19 bits per heavy atom. The zero-order valence-corrected chi connectivity index (χ0v) is 21.9. The van der Waals surface area contributed by atoms with Gasteiger partial charge in [-0.05, 0) is 66.6 Å². The normalized spacial score (nSPS) is 18.6. The zero-order chi connectivity index (χ0) is 25.8. The maximum Gasteiger partial charge on any atom is 0.122 e. The summed E-state index contributed by atoms with van der Waals surface area (Å²) in [6.45, 7) is 15.2. The van der Waals surface area contributed by atoms with Crippen LogP contribution >= 0.6 is 0 Å². The summed E-state index contributed by atoms with van der Waals surface area (Å²) in [6.07, 6.45) is 1.97. The van der Waals surface area contributed by atoms with Gasteiger partial charge in [0, 0.05) is 5.92 Å². The summed E-state index contributed by atoms with van der Waals surface area (Å²) in [5.41, 5.74) is 8.19. The molecule has 0 spiro atoms. The Morgan fingerprint density at radius 3 is 1.59 bits per heavy atom. The zero-order valence-electron chi connectivity index (χ0n) is 21.9. The van der Waals surface area contributed by atoms with Crippen LogP contribution in [0.25, 0.3) is 0 Å². The molecule has 5 rings (SSSR count). The summed E-state index contributed by atoms with van der Waals surface area (Å²) in [7, 11) is 0. The minimum Gasteiger partial charge on any atom is -0.490 e. The van der Waals surface area contributed by atoms with E-state index >= 15 is 0 Å². The van der Waals surface area contributed by atoms with Crippen LogP contribution in [0.1, 0.15) is 47.6 Å². The van der Waals surface area contributed by atoms with E-state index in [-0.39, 0.29) is 18.1 Å². The minimum absolute atomic E-state index is 0.0653. The van der Waals surface area contributed by atoms with Crippen molar-refractivity contribution in [1.82, 2.24) is 0 Å². The SMILES string of the molecule is C=C(C)Cc1cc(C(c2ccccc2)c2ccc(OCC3CO3)c(CC(=C)C)c2)ccc1OCC1CO1. The summed E-state index contributed by atoms with van der Waals surface area (Å²) < 4.78 is 23.0. The van der Waals surface area contributed by atoms with E-state index in [1.165, 1.54) is 16.7 Å². The highest BCUT2D eigenvalue weighted by Crippen LogP contribution is 2.37. The smallest absolute Gasteiger partial charge is 0.122 e. The number of benzene rings is 3. The van der Waals surface area contributed by atoms with E-state index in [1.54, 1.807) is 0 Å². The predicted molar refractivity (Wildman–Crippen MR) is 148 cm³/mol. The third-order valence-corrected chi connectivity index (χ3v) is 6.61. The van der Waals surface area contributed by atoms with Gasteiger partial charge >= 0.3 is 0 Å². The van der Waals surface area contributed by atoms with Crippen molar-refractivity contribution < 1.29 is 18.9 Å².